The third-order valence-corrected chi connectivity index (χ3v) is 5.34. The first-order valence-corrected chi connectivity index (χ1v) is 7.83. The minimum atomic E-state index is -3.33. The minimum Gasteiger partial charge on any atom is -0.399 e. The van der Waals surface area contributed by atoms with Gasteiger partial charge in [0.05, 0.1) is 4.90 Å². The van der Waals surface area contributed by atoms with E-state index in [0.29, 0.717) is 29.6 Å². The van der Waals surface area contributed by atoms with Crippen LogP contribution in [0, 0.1) is 5.92 Å². The molecule has 18 heavy (non-hydrogen) atoms. The smallest absolute Gasteiger partial charge is 0.243 e. The summed E-state index contributed by atoms with van der Waals surface area (Å²) in [5, 5.41) is 0. The zero-order chi connectivity index (χ0) is 13.2. The molecule has 1 aliphatic rings. The Bertz CT molecular complexity index is 496. The third kappa shape index (κ3) is 2.67. The second kappa shape index (κ2) is 5.28. The second-order valence-electron chi connectivity index (χ2n) is 4.88. The Kier molecular flexibility index (Phi) is 3.92. The Balaban J connectivity index is 2.15. The van der Waals surface area contributed by atoms with Gasteiger partial charge in [0, 0.05) is 18.8 Å². The van der Waals surface area contributed by atoms with Gasteiger partial charge in [-0.15, -0.1) is 0 Å². The van der Waals surface area contributed by atoms with Gasteiger partial charge >= 0.3 is 0 Å². The van der Waals surface area contributed by atoms with Crippen LogP contribution in [0.4, 0.5) is 5.69 Å². The van der Waals surface area contributed by atoms with Gasteiger partial charge in [0.25, 0.3) is 0 Å². The maximum Gasteiger partial charge on any atom is 0.243 e. The fraction of sp³-hybridized carbons (Fsp3) is 0.538. The molecule has 0 radical (unpaired) electrons. The maximum atomic E-state index is 12.4. The molecule has 1 aromatic carbocycles. The first-order valence-electron chi connectivity index (χ1n) is 6.39. The molecule has 0 amide bonds. The molecule has 0 spiro atoms. The number of hydrogen-bond acceptors (Lipinski definition) is 3. The van der Waals surface area contributed by atoms with Crippen molar-refractivity contribution in [2.24, 2.45) is 5.92 Å². The van der Waals surface area contributed by atoms with E-state index in [1.54, 1.807) is 28.6 Å². The van der Waals surface area contributed by atoms with Crippen LogP contribution in [-0.4, -0.2) is 25.8 Å². The van der Waals surface area contributed by atoms with Gasteiger partial charge in [0.2, 0.25) is 10.0 Å². The Morgan fingerprint density at radius 3 is 2.61 bits per heavy atom. The summed E-state index contributed by atoms with van der Waals surface area (Å²) < 4.78 is 26.4. The SMILES string of the molecule is CCCC1CCN(S(=O)(=O)c2ccc(N)cc2)C1. The monoisotopic (exact) mass is 268 g/mol. The summed E-state index contributed by atoms with van der Waals surface area (Å²) in [5.41, 5.74) is 6.16. The van der Waals surface area contributed by atoms with Crippen molar-refractivity contribution in [3.05, 3.63) is 24.3 Å². The van der Waals surface area contributed by atoms with Crippen LogP contribution in [0.15, 0.2) is 29.2 Å². The van der Waals surface area contributed by atoms with Crippen LogP contribution >= 0.6 is 0 Å². The average Bonchev–Trinajstić information content (AvgIpc) is 2.79. The Morgan fingerprint density at radius 1 is 1.33 bits per heavy atom. The van der Waals surface area contributed by atoms with Crippen molar-refractivity contribution in [1.82, 2.24) is 4.31 Å². The molecule has 2 N–H and O–H groups in total. The molecule has 1 heterocycles. The number of hydrogen-bond donors (Lipinski definition) is 1. The molecule has 1 atom stereocenters. The average molecular weight is 268 g/mol. The molecular formula is C13H20N2O2S. The van der Waals surface area contributed by atoms with Gasteiger partial charge in [-0.1, -0.05) is 13.3 Å². The summed E-state index contributed by atoms with van der Waals surface area (Å²) in [6.07, 6.45) is 3.19. The molecular weight excluding hydrogens is 248 g/mol. The predicted molar refractivity (Wildman–Crippen MR) is 72.6 cm³/mol. The Morgan fingerprint density at radius 2 is 2.00 bits per heavy atom. The number of nitrogens with two attached hydrogens (primary N) is 1. The summed E-state index contributed by atoms with van der Waals surface area (Å²) in [7, 11) is -3.33. The molecule has 1 aromatic rings. The largest absolute Gasteiger partial charge is 0.399 e. The minimum absolute atomic E-state index is 0.342. The second-order valence-corrected chi connectivity index (χ2v) is 6.81. The quantitative estimate of drug-likeness (QED) is 0.850. The summed E-state index contributed by atoms with van der Waals surface area (Å²) in [5.74, 6) is 0.513. The molecule has 1 unspecified atom stereocenters. The molecule has 0 bridgehead atoms. The summed E-state index contributed by atoms with van der Waals surface area (Å²) in [6.45, 7) is 3.43. The highest BCUT2D eigenvalue weighted by Gasteiger charge is 2.31. The Hall–Kier alpha value is -1.07. The van der Waals surface area contributed by atoms with Crippen molar-refractivity contribution in [3.63, 3.8) is 0 Å². The van der Waals surface area contributed by atoms with Crippen molar-refractivity contribution in [1.29, 1.82) is 0 Å². The van der Waals surface area contributed by atoms with Crippen LogP contribution in [0.5, 0.6) is 0 Å². The van der Waals surface area contributed by atoms with E-state index < -0.39 is 10.0 Å². The zero-order valence-corrected chi connectivity index (χ0v) is 11.5. The normalized spacial score (nSPS) is 21.3. The number of anilines is 1. The van der Waals surface area contributed by atoms with Gasteiger partial charge in [-0.25, -0.2) is 8.42 Å². The first-order chi connectivity index (χ1) is 8.54. The molecule has 1 saturated heterocycles. The topological polar surface area (TPSA) is 63.4 Å². The Labute approximate surface area is 109 Å². The highest BCUT2D eigenvalue weighted by atomic mass is 32.2. The van der Waals surface area contributed by atoms with Crippen LogP contribution in [-0.2, 0) is 10.0 Å². The van der Waals surface area contributed by atoms with Crippen molar-refractivity contribution < 1.29 is 8.42 Å². The van der Waals surface area contributed by atoms with Crippen molar-refractivity contribution in [2.75, 3.05) is 18.8 Å². The van der Waals surface area contributed by atoms with Gasteiger partial charge in [0.1, 0.15) is 0 Å². The van der Waals surface area contributed by atoms with Gasteiger partial charge in [0.15, 0.2) is 0 Å². The molecule has 1 fully saturated rings. The zero-order valence-electron chi connectivity index (χ0n) is 10.7. The summed E-state index contributed by atoms with van der Waals surface area (Å²) >= 11 is 0. The standard InChI is InChI=1S/C13H20N2O2S/c1-2-3-11-8-9-15(10-11)18(16,17)13-6-4-12(14)5-7-13/h4-7,11H,2-3,8-10,14H2,1H3. The lowest BCUT2D eigenvalue weighted by atomic mass is 10.0. The lowest BCUT2D eigenvalue weighted by molar-refractivity contribution is 0.444. The van der Waals surface area contributed by atoms with E-state index in [0.717, 1.165) is 19.3 Å². The van der Waals surface area contributed by atoms with Crippen molar-refractivity contribution >= 4 is 15.7 Å². The third-order valence-electron chi connectivity index (χ3n) is 3.46. The molecule has 1 aliphatic heterocycles. The molecule has 100 valence electrons. The number of benzene rings is 1. The number of sulfonamides is 1. The predicted octanol–water partition coefficient (Wildman–Crippen LogP) is 2.08. The fourth-order valence-electron chi connectivity index (χ4n) is 2.45. The summed E-state index contributed by atoms with van der Waals surface area (Å²) in [6, 6.07) is 6.43. The highest BCUT2D eigenvalue weighted by Crippen LogP contribution is 2.27. The van der Waals surface area contributed by atoms with Crippen LogP contribution in [0.1, 0.15) is 26.2 Å². The molecule has 0 aliphatic carbocycles. The van der Waals surface area contributed by atoms with E-state index in [9.17, 15) is 8.42 Å². The van der Waals surface area contributed by atoms with Gasteiger partial charge in [-0.05, 0) is 43.0 Å². The molecule has 2 rings (SSSR count). The van der Waals surface area contributed by atoms with Crippen LogP contribution < -0.4 is 5.73 Å². The lowest BCUT2D eigenvalue weighted by Gasteiger charge is -2.16. The van der Waals surface area contributed by atoms with Crippen LogP contribution in [0.3, 0.4) is 0 Å². The lowest BCUT2D eigenvalue weighted by Crippen LogP contribution is -2.28. The number of rotatable bonds is 4. The fourth-order valence-corrected chi connectivity index (χ4v) is 3.98. The molecule has 0 saturated carbocycles. The number of nitrogens with zero attached hydrogens (tertiary/aromatic N) is 1. The van der Waals surface area contributed by atoms with E-state index in [2.05, 4.69) is 6.92 Å². The van der Waals surface area contributed by atoms with Gasteiger partial charge < -0.3 is 5.73 Å². The molecule has 0 aromatic heterocycles. The summed E-state index contributed by atoms with van der Waals surface area (Å²) in [4.78, 5) is 0.342. The van der Waals surface area contributed by atoms with E-state index >= 15 is 0 Å². The van der Waals surface area contributed by atoms with Crippen molar-refractivity contribution in [2.45, 2.75) is 31.1 Å². The van der Waals surface area contributed by atoms with E-state index in [1.807, 2.05) is 0 Å². The van der Waals surface area contributed by atoms with Gasteiger partial charge in [-0.2, -0.15) is 4.31 Å². The first kappa shape index (κ1) is 13.4. The molecule has 5 heteroatoms. The number of nitrogen functional groups attached to an aromatic ring is 1. The van der Waals surface area contributed by atoms with Crippen LogP contribution in [0.25, 0.3) is 0 Å². The van der Waals surface area contributed by atoms with Crippen LogP contribution in [0.2, 0.25) is 0 Å². The van der Waals surface area contributed by atoms with E-state index in [4.69, 9.17) is 5.73 Å². The van der Waals surface area contributed by atoms with Crippen molar-refractivity contribution in [3.8, 4) is 0 Å². The van der Waals surface area contributed by atoms with E-state index in [-0.39, 0.29) is 0 Å². The van der Waals surface area contributed by atoms with E-state index in [1.165, 1.54) is 0 Å². The van der Waals surface area contributed by atoms with Gasteiger partial charge in [-0.3, -0.25) is 0 Å². The highest BCUT2D eigenvalue weighted by molar-refractivity contribution is 7.89. The molecule has 4 nitrogen and oxygen atoms in total. The maximum absolute atomic E-state index is 12.4.